The minimum Gasteiger partial charge on any atom is -0.378 e. The Balaban J connectivity index is 1.74. The summed E-state index contributed by atoms with van der Waals surface area (Å²) < 4.78 is 5.36. The molecule has 1 aliphatic heterocycles. The number of nitrogens with one attached hydrogen (secondary N) is 1. The number of amides is 1. The number of pyridine rings is 1. The number of para-hydroxylation sites is 1. The number of aryl methyl sites for hydroxylation is 2. The summed E-state index contributed by atoms with van der Waals surface area (Å²) in [4.78, 5) is 19.1. The fourth-order valence-corrected chi connectivity index (χ4v) is 2.91. The van der Waals surface area contributed by atoms with Gasteiger partial charge in [-0.15, -0.1) is 0 Å². The lowest BCUT2D eigenvalue weighted by atomic mass is 10.1. The van der Waals surface area contributed by atoms with Crippen molar-refractivity contribution >= 4 is 17.3 Å². The molecule has 0 spiro atoms. The highest BCUT2D eigenvalue weighted by Crippen LogP contribution is 2.22. The molecule has 1 aliphatic rings. The summed E-state index contributed by atoms with van der Waals surface area (Å²) in [5.74, 6) is -0.174. The monoisotopic (exact) mass is 325 g/mol. The van der Waals surface area contributed by atoms with Crippen molar-refractivity contribution in [1.29, 1.82) is 0 Å². The van der Waals surface area contributed by atoms with Crippen LogP contribution < -0.4 is 10.2 Å². The third kappa shape index (κ3) is 3.57. The number of hydrogen-bond acceptors (Lipinski definition) is 4. The Hall–Kier alpha value is -2.40. The standard InChI is InChI=1S/C19H23N3O2/c1-3-15-6-4-5-14(2)18(15)21-19(23)17-8-7-16(13-20-17)22-9-11-24-12-10-22/h4-8,13H,3,9-12H2,1-2H3,(H,21,23). The van der Waals surface area contributed by atoms with Crippen molar-refractivity contribution in [2.24, 2.45) is 0 Å². The van der Waals surface area contributed by atoms with E-state index in [0.717, 1.165) is 55.2 Å². The van der Waals surface area contributed by atoms with Gasteiger partial charge in [-0.2, -0.15) is 0 Å². The summed E-state index contributed by atoms with van der Waals surface area (Å²) in [6.07, 6.45) is 2.64. The van der Waals surface area contributed by atoms with Gasteiger partial charge in [0.25, 0.3) is 5.91 Å². The largest absolute Gasteiger partial charge is 0.378 e. The third-order valence-electron chi connectivity index (χ3n) is 4.34. The van der Waals surface area contributed by atoms with Gasteiger partial charge in [-0.05, 0) is 36.6 Å². The molecule has 1 N–H and O–H groups in total. The Morgan fingerprint density at radius 3 is 2.71 bits per heavy atom. The second-order valence-corrected chi connectivity index (χ2v) is 5.92. The molecular formula is C19H23N3O2. The van der Waals surface area contributed by atoms with Crippen molar-refractivity contribution in [3.05, 3.63) is 53.3 Å². The Morgan fingerprint density at radius 2 is 2.04 bits per heavy atom. The van der Waals surface area contributed by atoms with E-state index in [2.05, 4.69) is 22.1 Å². The number of carbonyl (C=O) groups excluding carboxylic acids is 1. The van der Waals surface area contributed by atoms with Crippen LogP contribution in [0.3, 0.4) is 0 Å². The van der Waals surface area contributed by atoms with Crippen molar-refractivity contribution in [3.63, 3.8) is 0 Å². The molecule has 1 saturated heterocycles. The van der Waals surface area contributed by atoms with Crippen LogP contribution >= 0.6 is 0 Å². The lowest BCUT2D eigenvalue weighted by Crippen LogP contribution is -2.36. The van der Waals surface area contributed by atoms with Gasteiger partial charge in [0.1, 0.15) is 5.69 Å². The summed E-state index contributed by atoms with van der Waals surface area (Å²) in [5.41, 5.74) is 4.54. The lowest BCUT2D eigenvalue weighted by molar-refractivity contribution is 0.102. The molecule has 24 heavy (non-hydrogen) atoms. The van der Waals surface area contributed by atoms with E-state index in [1.165, 1.54) is 0 Å². The Kier molecular flexibility index (Phi) is 5.11. The number of anilines is 2. The summed E-state index contributed by atoms with van der Waals surface area (Å²) in [6, 6.07) is 9.79. The maximum absolute atomic E-state index is 12.5. The van der Waals surface area contributed by atoms with E-state index in [0.29, 0.717) is 5.69 Å². The first-order valence-electron chi connectivity index (χ1n) is 8.37. The summed E-state index contributed by atoms with van der Waals surface area (Å²) in [7, 11) is 0. The fourth-order valence-electron chi connectivity index (χ4n) is 2.91. The van der Waals surface area contributed by atoms with Crippen LogP contribution in [0.5, 0.6) is 0 Å². The Bertz CT molecular complexity index is 707. The molecule has 1 amide bonds. The molecule has 2 aromatic rings. The van der Waals surface area contributed by atoms with Crippen LogP contribution in [0.25, 0.3) is 0 Å². The Morgan fingerprint density at radius 1 is 1.25 bits per heavy atom. The van der Waals surface area contributed by atoms with Crippen LogP contribution in [0.2, 0.25) is 0 Å². The predicted molar refractivity (Wildman–Crippen MR) is 95.8 cm³/mol. The van der Waals surface area contributed by atoms with Crippen molar-refractivity contribution in [1.82, 2.24) is 4.98 Å². The average Bonchev–Trinajstić information content (AvgIpc) is 2.64. The molecule has 1 aromatic carbocycles. The van der Waals surface area contributed by atoms with Crippen LogP contribution in [-0.4, -0.2) is 37.2 Å². The van der Waals surface area contributed by atoms with E-state index in [1.807, 2.05) is 31.2 Å². The van der Waals surface area contributed by atoms with Gasteiger partial charge >= 0.3 is 0 Å². The first kappa shape index (κ1) is 16.5. The van der Waals surface area contributed by atoms with E-state index in [-0.39, 0.29) is 5.91 Å². The van der Waals surface area contributed by atoms with E-state index in [9.17, 15) is 4.79 Å². The molecule has 5 nitrogen and oxygen atoms in total. The van der Waals surface area contributed by atoms with Gasteiger partial charge in [0.2, 0.25) is 0 Å². The lowest BCUT2D eigenvalue weighted by Gasteiger charge is -2.28. The van der Waals surface area contributed by atoms with Gasteiger partial charge in [-0.3, -0.25) is 4.79 Å². The average molecular weight is 325 g/mol. The molecule has 0 unspecified atom stereocenters. The second-order valence-electron chi connectivity index (χ2n) is 5.92. The van der Waals surface area contributed by atoms with Gasteiger partial charge in [0.15, 0.2) is 0 Å². The molecule has 0 saturated carbocycles. The van der Waals surface area contributed by atoms with E-state index in [1.54, 1.807) is 12.3 Å². The first-order valence-corrected chi connectivity index (χ1v) is 8.37. The van der Waals surface area contributed by atoms with Crippen LogP contribution in [-0.2, 0) is 11.2 Å². The van der Waals surface area contributed by atoms with Gasteiger partial charge in [0, 0.05) is 18.8 Å². The number of hydrogen-bond donors (Lipinski definition) is 1. The third-order valence-corrected chi connectivity index (χ3v) is 4.34. The van der Waals surface area contributed by atoms with E-state index in [4.69, 9.17) is 4.74 Å². The number of carbonyl (C=O) groups is 1. The molecule has 126 valence electrons. The van der Waals surface area contributed by atoms with Gasteiger partial charge < -0.3 is 15.0 Å². The number of aromatic nitrogens is 1. The topological polar surface area (TPSA) is 54.5 Å². The minimum absolute atomic E-state index is 0.174. The highest BCUT2D eigenvalue weighted by Gasteiger charge is 2.14. The van der Waals surface area contributed by atoms with Crippen molar-refractivity contribution in [3.8, 4) is 0 Å². The zero-order valence-corrected chi connectivity index (χ0v) is 14.2. The van der Waals surface area contributed by atoms with Crippen molar-refractivity contribution in [2.75, 3.05) is 36.5 Å². The number of benzene rings is 1. The van der Waals surface area contributed by atoms with Gasteiger partial charge in [-0.1, -0.05) is 25.1 Å². The van der Waals surface area contributed by atoms with Crippen LogP contribution in [0, 0.1) is 6.92 Å². The van der Waals surface area contributed by atoms with Crippen LogP contribution in [0.1, 0.15) is 28.5 Å². The zero-order valence-electron chi connectivity index (χ0n) is 14.2. The highest BCUT2D eigenvalue weighted by atomic mass is 16.5. The zero-order chi connectivity index (χ0) is 16.9. The van der Waals surface area contributed by atoms with Crippen molar-refractivity contribution in [2.45, 2.75) is 20.3 Å². The van der Waals surface area contributed by atoms with E-state index < -0.39 is 0 Å². The first-order chi connectivity index (χ1) is 11.7. The summed E-state index contributed by atoms with van der Waals surface area (Å²) in [5, 5.41) is 3.01. The fraction of sp³-hybridized carbons (Fsp3) is 0.368. The molecule has 0 bridgehead atoms. The predicted octanol–water partition coefficient (Wildman–Crippen LogP) is 3.04. The molecule has 1 aromatic heterocycles. The molecule has 5 heteroatoms. The molecule has 0 atom stereocenters. The molecule has 3 rings (SSSR count). The molecule has 1 fully saturated rings. The second kappa shape index (κ2) is 7.45. The normalized spacial score (nSPS) is 14.5. The maximum atomic E-state index is 12.5. The molecule has 0 radical (unpaired) electrons. The smallest absolute Gasteiger partial charge is 0.274 e. The van der Waals surface area contributed by atoms with Crippen molar-refractivity contribution < 1.29 is 9.53 Å². The van der Waals surface area contributed by atoms with E-state index >= 15 is 0 Å². The van der Waals surface area contributed by atoms with Gasteiger partial charge in [0.05, 0.1) is 25.1 Å². The summed E-state index contributed by atoms with van der Waals surface area (Å²) in [6.45, 7) is 7.26. The minimum atomic E-state index is -0.174. The highest BCUT2D eigenvalue weighted by molar-refractivity contribution is 6.03. The number of morpholine rings is 1. The number of rotatable bonds is 4. The quantitative estimate of drug-likeness (QED) is 0.939. The maximum Gasteiger partial charge on any atom is 0.274 e. The molecule has 2 heterocycles. The van der Waals surface area contributed by atoms with Crippen LogP contribution in [0.4, 0.5) is 11.4 Å². The Labute approximate surface area is 142 Å². The summed E-state index contributed by atoms with van der Waals surface area (Å²) >= 11 is 0. The number of ether oxygens (including phenoxy) is 1. The number of nitrogens with zero attached hydrogens (tertiary/aromatic N) is 2. The van der Waals surface area contributed by atoms with Crippen LogP contribution in [0.15, 0.2) is 36.5 Å². The molecule has 0 aliphatic carbocycles. The molecular weight excluding hydrogens is 302 g/mol. The van der Waals surface area contributed by atoms with Gasteiger partial charge in [-0.25, -0.2) is 4.98 Å². The SMILES string of the molecule is CCc1cccc(C)c1NC(=O)c1ccc(N2CCOCC2)cn1.